The third-order valence-corrected chi connectivity index (χ3v) is 3.35. The van der Waals surface area contributed by atoms with Gasteiger partial charge in [0, 0.05) is 6.07 Å². The van der Waals surface area contributed by atoms with E-state index in [9.17, 15) is 0 Å². The third kappa shape index (κ3) is 2.20. The van der Waals surface area contributed by atoms with Gasteiger partial charge in [-0.25, -0.2) is 9.50 Å². The molecule has 0 radical (unpaired) electrons. The summed E-state index contributed by atoms with van der Waals surface area (Å²) in [5, 5.41) is 7.94. The molecule has 0 aliphatic heterocycles. The summed E-state index contributed by atoms with van der Waals surface area (Å²) in [6, 6.07) is 15.3. The Morgan fingerprint density at radius 3 is 2.91 bits per heavy atom. The molecule has 0 aliphatic carbocycles. The van der Waals surface area contributed by atoms with Crippen LogP contribution in [-0.2, 0) is 6.61 Å². The zero-order valence-electron chi connectivity index (χ0n) is 11.6. The van der Waals surface area contributed by atoms with Crippen LogP contribution in [-0.4, -0.2) is 19.8 Å². The SMILES string of the molecule is c1ccc(-c2ccno2)c(OCc2cccc3ncnn23)c1. The largest absolute Gasteiger partial charge is 0.487 e. The Kier molecular flexibility index (Phi) is 3.05. The number of pyridine rings is 1. The normalized spacial score (nSPS) is 10.9. The van der Waals surface area contributed by atoms with Crippen molar-refractivity contribution in [2.24, 2.45) is 0 Å². The second kappa shape index (κ2) is 5.33. The predicted molar refractivity (Wildman–Crippen MR) is 79.3 cm³/mol. The fourth-order valence-electron chi connectivity index (χ4n) is 2.31. The van der Waals surface area contributed by atoms with Gasteiger partial charge in [-0.05, 0) is 24.3 Å². The van der Waals surface area contributed by atoms with Gasteiger partial charge in [0.2, 0.25) is 0 Å². The monoisotopic (exact) mass is 292 g/mol. The average molecular weight is 292 g/mol. The minimum atomic E-state index is 0.381. The summed E-state index contributed by atoms with van der Waals surface area (Å²) in [5.41, 5.74) is 2.58. The molecular formula is C16H12N4O2. The summed E-state index contributed by atoms with van der Waals surface area (Å²) >= 11 is 0. The molecule has 4 rings (SSSR count). The summed E-state index contributed by atoms with van der Waals surface area (Å²) in [5.74, 6) is 1.41. The fraction of sp³-hybridized carbons (Fsp3) is 0.0625. The lowest BCUT2D eigenvalue weighted by atomic mass is 10.1. The summed E-state index contributed by atoms with van der Waals surface area (Å²) in [6.45, 7) is 0.381. The van der Waals surface area contributed by atoms with Crippen LogP contribution in [0.4, 0.5) is 0 Å². The molecule has 0 amide bonds. The van der Waals surface area contributed by atoms with E-state index in [1.54, 1.807) is 16.8 Å². The molecule has 0 N–H and O–H groups in total. The molecule has 22 heavy (non-hydrogen) atoms. The number of ether oxygens (including phenoxy) is 1. The van der Waals surface area contributed by atoms with Crippen LogP contribution >= 0.6 is 0 Å². The molecule has 4 aromatic rings. The number of rotatable bonds is 4. The fourth-order valence-corrected chi connectivity index (χ4v) is 2.31. The minimum Gasteiger partial charge on any atom is -0.487 e. The molecule has 6 heteroatoms. The first-order valence-electron chi connectivity index (χ1n) is 6.82. The van der Waals surface area contributed by atoms with Gasteiger partial charge in [-0.15, -0.1) is 0 Å². The van der Waals surface area contributed by atoms with E-state index in [2.05, 4.69) is 15.2 Å². The van der Waals surface area contributed by atoms with Crippen molar-refractivity contribution in [3.63, 3.8) is 0 Å². The van der Waals surface area contributed by atoms with E-state index < -0.39 is 0 Å². The molecule has 0 aliphatic rings. The molecule has 3 heterocycles. The lowest BCUT2D eigenvalue weighted by Crippen LogP contribution is -2.04. The lowest BCUT2D eigenvalue weighted by molar-refractivity contribution is 0.298. The van der Waals surface area contributed by atoms with Gasteiger partial charge in [0.05, 0.1) is 17.5 Å². The molecule has 0 spiro atoms. The molecule has 0 bridgehead atoms. The van der Waals surface area contributed by atoms with Gasteiger partial charge in [-0.3, -0.25) is 0 Å². The molecule has 3 aromatic heterocycles. The van der Waals surface area contributed by atoms with E-state index in [0.29, 0.717) is 12.4 Å². The van der Waals surface area contributed by atoms with Crippen LogP contribution in [0.2, 0.25) is 0 Å². The molecule has 1 aromatic carbocycles. The van der Waals surface area contributed by atoms with E-state index in [1.165, 1.54) is 6.33 Å². The van der Waals surface area contributed by atoms with Gasteiger partial charge >= 0.3 is 0 Å². The molecular weight excluding hydrogens is 280 g/mol. The topological polar surface area (TPSA) is 65.5 Å². The molecule has 0 saturated heterocycles. The van der Waals surface area contributed by atoms with Crippen molar-refractivity contribution in [1.29, 1.82) is 0 Å². The number of fused-ring (bicyclic) bond motifs is 1. The van der Waals surface area contributed by atoms with Gasteiger partial charge in [-0.2, -0.15) is 5.10 Å². The van der Waals surface area contributed by atoms with Crippen LogP contribution in [0.5, 0.6) is 5.75 Å². The molecule has 0 fully saturated rings. The van der Waals surface area contributed by atoms with Crippen LogP contribution in [0.1, 0.15) is 5.69 Å². The Morgan fingerprint density at radius 1 is 1.05 bits per heavy atom. The molecule has 0 atom stereocenters. The Bertz CT molecular complexity index is 899. The van der Waals surface area contributed by atoms with Gasteiger partial charge < -0.3 is 9.26 Å². The minimum absolute atomic E-state index is 0.381. The second-order valence-corrected chi connectivity index (χ2v) is 4.71. The lowest BCUT2D eigenvalue weighted by Gasteiger charge is -2.10. The smallest absolute Gasteiger partial charge is 0.170 e. The van der Waals surface area contributed by atoms with Gasteiger partial charge in [0.25, 0.3) is 0 Å². The van der Waals surface area contributed by atoms with E-state index in [4.69, 9.17) is 9.26 Å². The Balaban J connectivity index is 1.64. The number of nitrogens with zero attached hydrogens (tertiary/aromatic N) is 4. The first-order valence-corrected chi connectivity index (χ1v) is 6.82. The van der Waals surface area contributed by atoms with Crippen LogP contribution in [0, 0.1) is 0 Å². The maximum Gasteiger partial charge on any atom is 0.170 e. The first-order chi connectivity index (χ1) is 10.9. The van der Waals surface area contributed by atoms with Crippen molar-refractivity contribution in [3.8, 4) is 17.1 Å². The molecule has 108 valence electrons. The van der Waals surface area contributed by atoms with Gasteiger partial charge in [0.15, 0.2) is 11.4 Å². The Labute approximate surface area is 126 Å². The highest BCUT2D eigenvalue weighted by Crippen LogP contribution is 2.29. The second-order valence-electron chi connectivity index (χ2n) is 4.71. The molecule has 0 saturated carbocycles. The number of para-hydroxylation sites is 1. The molecule has 6 nitrogen and oxygen atoms in total. The average Bonchev–Trinajstić information content (AvgIpc) is 3.24. The predicted octanol–water partition coefficient (Wildman–Crippen LogP) is 2.96. The van der Waals surface area contributed by atoms with Crippen molar-refractivity contribution in [3.05, 3.63) is 66.7 Å². The van der Waals surface area contributed by atoms with Gasteiger partial charge in [0.1, 0.15) is 18.7 Å². The van der Waals surface area contributed by atoms with Crippen molar-refractivity contribution >= 4 is 5.65 Å². The zero-order valence-corrected chi connectivity index (χ0v) is 11.6. The van der Waals surface area contributed by atoms with Crippen LogP contribution in [0.3, 0.4) is 0 Å². The Morgan fingerprint density at radius 2 is 2.00 bits per heavy atom. The highest BCUT2D eigenvalue weighted by molar-refractivity contribution is 5.65. The highest BCUT2D eigenvalue weighted by atomic mass is 16.5. The molecule has 0 unspecified atom stereocenters. The number of aromatic nitrogens is 4. The zero-order chi connectivity index (χ0) is 14.8. The van der Waals surface area contributed by atoms with Crippen molar-refractivity contribution in [2.75, 3.05) is 0 Å². The Hall–Kier alpha value is -3.15. The quantitative estimate of drug-likeness (QED) is 0.578. The summed E-state index contributed by atoms with van der Waals surface area (Å²) in [6.07, 6.45) is 3.14. The van der Waals surface area contributed by atoms with Crippen LogP contribution in [0.15, 0.2) is 65.6 Å². The van der Waals surface area contributed by atoms with Crippen LogP contribution in [0.25, 0.3) is 17.0 Å². The first kappa shape index (κ1) is 12.6. The van der Waals surface area contributed by atoms with Crippen molar-refractivity contribution in [2.45, 2.75) is 6.61 Å². The maximum absolute atomic E-state index is 5.95. The standard InChI is InChI=1S/C16H12N4O2/c1-2-6-14(13(5-1)15-8-9-19-22-15)21-10-12-4-3-7-16-17-11-18-20(12)16/h1-9,11H,10H2. The summed E-state index contributed by atoms with van der Waals surface area (Å²) in [4.78, 5) is 4.17. The maximum atomic E-state index is 5.95. The summed E-state index contributed by atoms with van der Waals surface area (Å²) < 4.78 is 12.9. The van der Waals surface area contributed by atoms with Crippen molar-refractivity contribution in [1.82, 2.24) is 19.8 Å². The van der Waals surface area contributed by atoms with E-state index in [1.807, 2.05) is 42.5 Å². The number of benzene rings is 1. The van der Waals surface area contributed by atoms with E-state index in [-0.39, 0.29) is 0 Å². The van der Waals surface area contributed by atoms with Crippen molar-refractivity contribution < 1.29 is 9.26 Å². The van der Waals surface area contributed by atoms with Gasteiger partial charge in [-0.1, -0.05) is 23.4 Å². The van der Waals surface area contributed by atoms with E-state index in [0.717, 1.165) is 22.7 Å². The number of hydrogen-bond acceptors (Lipinski definition) is 5. The van der Waals surface area contributed by atoms with E-state index >= 15 is 0 Å². The highest BCUT2D eigenvalue weighted by Gasteiger charge is 2.10. The van der Waals surface area contributed by atoms with Crippen LogP contribution < -0.4 is 4.74 Å². The third-order valence-electron chi connectivity index (χ3n) is 3.35. The summed E-state index contributed by atoms with van der Waals surface area (Å²) in [7, 11) is 0. The number of hydrogen-bond donors (Lipinski definition) is 0.